The molecule has 0 spiro atoms. The zero-order valence-electron chi connectivity index (χ0n) is 15.7. The van der Waals surface area contributed by atoms with Crippen molar-refractivity contribution in [3.8, 4) is 0 Å². The molecule has 1 saturated heterocycles. The van der Waals surface area contributed by atoms with Gasteiger partial charge in [0.15, 0.2) is 0 Å². The van der Waals surface area contributed by atoms with Crippen LogP contribution in [0.2, 0.25) is 0 Å². The maximum absolute atomic E-state index is 12.2. The van der Waals surface area contributed by atoms with E-state index in [4.69, 9.17) is 0 Å². The summed E-state index contributed by atoms with van der Waals surface area (Å²) in [5, 5.41) is 5.87. The number of piperazine rings is 1. The van der Waals surface area contributed by atoms with Gasteiger partial charge in [-0.3, -0.25) is 14.5 Å². The van der Waals surface area contributed by atoms with Crippen molar-refractivity contribution in [2.75, 3.05) is 51.1 Å². The first-order valence-electron chi connectivity index (χ1n) is 9.77. The van der Waals surface area contributed by atoms with Crippen LogP contribution in [0.3, 0.4) is 0 Å². The lowest BCUT2D eigenvalue weighted by Crippen LogP contribution is -2.49. The minimum absolute atomic E-state index is 0.0766. The maximum atomic E-state index is 12.2. The van der Waals surface area contributed by atoms with Crippen LogP contribution in [0.25, 0.3) is 0 Å². The van der Waals surface area contributed by atoms with Gasteiger partial charge in [0.2, 0.25) is 11.8 Å². The normalized spacial score (nSPS) is 17.7. The Balaban J connectivity index is 1.36. The largest absolute Gasteiger partial charge is 0.355 e. The number of nitrogens with one attached hydrogen (secondary N) is 2. The van der Waals surface area contributed by atoms with Crippen LogP contribution in [0.1, 0.15) is 30.9 Å². The number of amides is 2. The van der Waals surface area contributed by atoms with Gasteiger partial charge in [-0.05, 0) is 49.4 Å². The fourth-order valence-corrected chi connectivity index (χ4v) is 3.76. The van der Waals surface area contributed by atoms with E-state index in [1.165, 1.54) is 17.5 Å². The van der Waals surface area contributed by atoms with Crippen molar-refractivity contribution in [1.29, 1.82) is 0 Å². The Hall–Kier alpha value is -1.92. The number of fused-ring (bicyclic) bond motifs is 1. The molecule has 0 atom stereocenters. The van der Waals surface area contributed by atoms with E-state index in [9.17, 15) is 9.59 Å². The summed E-state index contributed by atoms with van der Waals surface area (Å²) >= 11 is 0. The van der Waals surface area contributed by atoms with E-state index < -0.39 is 0 Å². The van der Waals surface area contributed by atoms with Gasteiger partial charge in [-0.1, -0.05) is 6.07 Å². The third-order valence-electron chi connectivity index (χ3n) is 5.24. The molecule has 0 bridgehead atoms. The standard InChI is InChI=1S/C20H30N4O2/c1-2-21-20(26)15-24-12-10-23(11-13-24)9-8-19(25)22-18-7-6-16-4-3-5-17(16)14-18/h6-7,14H,2-5,8-13,15H2,1H3,(H,21,26)(H,22,25). The Morgan fingerprint density at radius 2 is 1.73 bits per heavy atom. The summed E-state index contributed by atoms with van der Waals surface area (Å²) in [5.41, 5.74) is 3.72. The lowest BCUT2D eigenvalue weighted by Gasteiger charge is -2.34. The monoisotopic (exact) mass is 358 g/mol. The van der Waals surface area contributed by atoms with E-state index >= 15 is 0 Å². The van der Waals surface area contributed by atoms with Gasteiger partial charge in [-0.2, -0.15) is 0 Å². The van der Waals surface area contributed by atoms with Crippen LogP contribution in [0.15, 0.2) is 18.2 Å². The third kappa shape index (κ3) is 5.29. The molecule has 2 amide bonds. The van der Waals surface area contributed by atoms with Gasteiger partial charge >= 0.3 is 0 Å². The van der Waals surface area contributed by atoms with E-state index in [1.54, 1.807) is 0 Å². The highest BCUT2D eigenvalue weighted by atomic mass is 16.2. The molecule has 1 aliphatic carbocycles. The molecular formula is C20H30N4O2. The highest BCUT2D eigenvalue weighted by Gasteiger charge is 2.19. The van der Waals surface area contributed by atoms with Crippen molar-refractivity contribution in [2.45, 2.75) is 32.6 Å². The summed E-state index contributed by atoms with van der Waals surface area (Å²) in [6.07, 6.45) is 4.02. The topological polar surface area (TPSA) is 64.7 Å². The summed E-state index contributed by atoms with van der Waals surface area (Å²) in [4.78, 5) is 28.3. The Kier molecular flexibility index (Phi) is 6.63. The van der Waals surface area contributed by atoms with Crippen molar-refractivity contribution in [3.63, 3.8) is 0 Å². The molecule has 1 fully saturated rings. The minimum atomic E-state index is 0.0766. The average Bonchev–Trinajstić information content (AvgIpc) is 3.09. The van der Waals surface area contributed by atoms with Crippen LogP contribution in [-0.2, 0) is 22.4 Å². The first-order valence-corrected chi connectivity index (χ1v) is 9.77. The predicted molar refractivity (Wildman–Crippen MR) is 103 cm³/mol. The van der Waals surface area contributed by atoms with Crippen LogP contribution < -0.4 is 10.6 Å². The molecule has 6 heteroatoms. The first kappa shape index (κ1) is 18.9. The maximum Gasteiger partial charge on any atom is 0.234 e. The van der Waals surface area contributed by atoms with Gasteiger partial charge in [0, 0.05) is 51.4 Å². The molecule has 2 aliphatic rings. The number of nitrogens with zero attached hydrogens (tertiary/aromatic N) is 2. The summed E-state index contributed by atoms with van der Waals surface area (Å²) in [6, 6.07) is 6.29. The Bertz CT molecular complexity index is 639. The summed E-state index contributed by atoms with van der Waals surface area (Å²) in [6.45, 7) is 7.43. The molecule has 0 radical (unpaired) electrons. The number of rotatable bonds is 7. The van der Waals surface area contributed by atoms with Gasteiger partial charge in [0.1, 0.15) is 0 Å². The van der Waals surface area contributed by atoms with Crippen molar-refractivity contribution in [1.82, 2.24) is 15.1 Å². The molecule has 1 heterocycles. The Morgan fingerprint density at radius 1 is 1.00 bits per heavy atom. The number of aryl methyl sites for hydroxylation is 2. The van der Waals surface area contributed by atoms with Crippen molar-refractivity contribution >= 4 is 17.5 Å². The van der Waals surface area contributed by atoms with Crippen LogP contribution in [-0.4, -0.2) is 67.4 Å². The highest BCUT2D eigenvalue weighted by Crippen LogP contribution is 2.24. The molecule has 0 saturated carbocycles. The third-order valence-corrected chi connectivity index (χ3v) is 5.24. The number of likely N-dealkylation sites (N-methyl/N-ethyl adjacent to an activating group) is 1. The molecule has 6 nitrogen and oxygen atoms in total. The number of hydrogen-bond donors (Lipinski definition) is 2. The molecule has 1 aliphatic heterocycles. The molecule has 0 aromatic heterocycles. The highest BCUT2D eigenvalue weighted by molar-refractivity contribution is 5.91. The smallest absolute Gasteiger partial charge is 0.234 e. The lowest BCUT2D eigenvalue weighted by atomic mass is 10.1. The van der Waals surface area contributed by atoms with Crippen LogP contribution in [0, 0.1) is 0 Å². The van der Waals surface area contributed by atoms with Gasteiger partial charge < -0.3 is 15.5 Å². The molecule has 0 unspecified atom stereocenters. The first-order chi connectivity index (χ1) is 12.6. The molecular weight excluding hydrogens is 328 g/mol. The second-order valence-electron chi connectivity index (χ2n) is 7.21. The lowest BCUT2D eigenvalue weighted by molar-refractivity contribution is -0.122. The van der Waals surface area contributed by atoms with E-state index in [0.29, 0.717) is 19.5 Å². The average molecular weight is 358 g/mol. The van der Waals surface area contributed by atoms with Gasteiger partial charge in [-0.25, -0.2) is 0 Å². The second kappa shape index (κ2) is 9.14. The Labute approximate surface area is 155 Å². The molecule has 1 aromatic carbocycles. The van der Waals surface area contributed by atoms with Gasteiger partial charge in [0.25, 0.3) is 0 Å². The summed E-state index contributed by atoms with van der Waals surface area (Å²) < 4.78 is 0. The van der Waals surface area contributed by atoms with E-state index in [-0.39, 0.29) is 11.8 Å². The number of anilines is 1. The van der Waals surface area contributed by atoms with Crippen LogP contribution in [0.5, 0.6) is 0 Å². The number of carbonyl (C=O) groups excluding carboxylic acids is 2. The number of benzene rings is 1. The number of hydrogen-bond acceptors (Lipinski definition) is 4. The molecule has 2 N–H and O–H groups in total. The second-order valence-corrected chi connectivity index (χ2v) is 7.21. The summed E-state index contributed by atoms with van der Waals surface area (Å²) in [7, 11) is 0. The van der Waals surface area contributed by atoms with Crippen LogP contribution in [0.4, 0.5) is 5.69 Å². The van der Waals surface area contributed by atoms with E-state index in [2.05, 4.69) is 32.6 Å². The zero-order chi connectivity index (χ0) is 18.4. The Morgan fingerprint density at radius 3 is 2.50 bits per heavy atom. The van der Waals surface area contributed by atoms with Crippen molar-refractivity contribution in [2.24, 2.45) is 0 Å². The number of carbonyl (C=O) groups is 2. The van der Waals surface area contributed by atoms with Crippen molar-refractivity contribution in [3.05, 3.63) is 29.3 Å². The summed E-state index contributed by atoms with van der Waals surface area (Å²) in [5.74, 6) is 0.169. The van der Waals surface area contributed by atoms with Gasteiger partial charge in [0.05, 0.1) is 6.54 Å². The fourth-order valence-electron chi connectivity index (χ4n) is 3.76. The SMILES string of the molecule is CCNC(=O)CN1CCN(CCC(=O)Nc2ccc3c(c2)CCC3)CC1. The van der Waals surface area contributed by atoms with E-state index in [0.717, 1.165) is 51.3 Å². The molecule has 26 heavy (non-hydrogen) atoms. The quantitative estimate of drug-likeness (QED) is 0.770. The fraction of sp³-hybridized carbons (Fsp3) is 0.600. The molecule has 3 rings (SSSR count). The zero-order valence-corrected chi connectivity index (χ0v) is 15.7. The van der Waals surface area contributed by atoms with Crippen molar-refractivity contribution < 1.29 is 9.59 Å². The molecule has 142 valence electrons. The van der Waals surface area contributed by atoms with E-state index in [1.807, 2.05) is 13.0 Å². The predicted octanol–water partition coefficient (Wildman–Crippen LogP) is 1.26. The minimum Gasteiger partial charge on any atom is -0.355 e. The van der Waals surface area contributed by atoms with Gasteiger partial charge in [-0.15, -0.1) is 0 Å². The van der Waals surface area contributed by atoms with Crippen LogP contribution >= 0.6 is 0 Å². The molecule has 1 aromatic rings.